The second-order valence-corrected chi connectivity index (χ2v) is 4.61. The lowest BCUT2D eigenvalue weighted by molar-refractivity contribution is 0.300. The van der Waals surface area contributed by atoms with Crippen LogP contribution < -0.4 is 21.7 Å². The standard InChI is InChI=1S/C15H19N3O3/c1-2-17-10-8-14(19)18(15(17)20)9-5-11-21-13-7-4-3-6-12(13)16/h3-4,6-8,10H,2,5,9,11,16H2,1H3. The van der Waals surface area contributed by atoms with Crippen molar-refractivity contribution in [1.82, 2.24) is 9.13 Å². The minimum Gasteiger partial charge on any atom is -0.491 e. The number of rotatable bonds is 6. The topological polar surface area (TPSA) is 79.2 Å². The lowest BCUT2D eigenvalue weighted by Crippen LogP contribution is -2.39. The first kappa shape index (κ1) is 14.9. The molecule has 0 unspecified atom stereocenters. The van der Waals surface area contributed by atoms with E-state index in [2.05, 4.69) is 0 Å². The highest BCUT2D eigenvalue weighted by atomic mass is 16.5. The van der Waals surface area contributed by atoms with Crippen molar-refractivity contribution in [2.24, 2.45) is 0 Å². The Morgan fingerprint density at radius 1 is 1.19 bits per heavy atom. The van der Waals surface area contributed by atoms with E-state index in [4.69, 9.17) is 10.5 Å². The highest BCUT2D eigenvalue weighted by Gasteiger charge is 2.04. The van der Waals surface area contributed by atoms with Crippen LogP contribution >= 0.6 is 0 Å². The normalized spacial score (nSPS) is 10.5. The number of para-hydroxylation sites is 2. The predicted molar refractivity (Wildman–Crippen MR) is 81.6 cm³/mol. The van der Waals surface area contributed by atoms with E-state index in [1.54, 1.807) is 12.1 Å². The van der Waals surface area contributed by atoms with Gasteiger partial charge in [0, 0.05) is 25.4 Å². The molecular formula is C15H19N3O3. The molecule has 6 nitrogen and oxygen atoms in total. The Balaban J connectivity index is 1.97. The highest BCUT2D eigenvalue weighted by molar-refractivity contribution is 5.51. The van der Waals surface area contributed by atoms with Crippen molar-refractivity contribution in [2.75, 3.05) is 12.3 Å². The number of hydrogen-bond donors (Lipinski definition) is 1. The molecular weight excluding hydrogens is 270 g/mol. The molecule has 1 heterocycles. The van der Waals surface area contributed by atoms with E-state index >= 15 is 0 Å². The smallest absolute Gasteiger partial charge is 0.330 e. The second-order valence-electron chi connectivity index (χ2n) is 4.61. The van der Waals surface area contributed by atoms with Crippen LogP contribution in [0, 0.1) is 0 Å². The third kappa shape index (κ3) is 3.53. The summed E-state index contributed by atoms with van der Waals surface area (Å²) in [6, 6.07) is 8.62. The maximum absolute atomic E-state index is 12.0. The fourth-order valence-corrected chi connectivity index (χ4v) is 2.02. The maximum Gasteiger partial charge on any atom is 0.330 e. The van der Waals surface area contributed by atoms with Gasteiger partial charge in [-0.2, -0.15) is 0 Å². The van der Waals surface area contributed by atoms with Gasteiger partial charge in [0.25, 0.3) is 5.56 Å². The monoisotopic (exact) mass is 289 g/mol. The fraction of sp³-hybridized carbons (Fsp3) is 0.333. The number of nitrogen functional groups attached to an aromatic ring is 1. The average molecular weight is 289 g/mol. The van der Waals surface area contributed by atoms with Gasteiger partial charge in [-0.25, -0.2) is 4.79 Å². The summed E-state index contributed by atoms with van der Waals surface area (Å²) in [5, 5.41) is 0. The van der Waals surface area contributed by atoms with Crippen molar-refractivity contribution < 1.29 is 4.74 Å². The Morgan fingerprint density at radius 2 is 1.95 bits per heavy atom. The summed E-state index contributed by atoms with van der Waals surface area (Å²) in [6.07, 6.45) is 2.07. The van der Waals surface area contributed by atoms with Gasteiger partial charge in [0.1, 0.15) is 5.75 Å². The molecule has 0 aliphatic carbocycles. The molecule has 0 amide bonds. The molecule has 1 aromatic carbocycles. The lowest BCUT2D eigenvalue weighted by Gasteiger charge is -2.10. The van der Waals surface area contributed by atoms with Gasteiger partial charge in [-0.15, -0.1) is 0 Å². The van der Waals surface area contributed by atoms with Gasteiger partial charge in [-0.1, -0.05) is 12.1 Å². The first-order valence-corrected chi connectivity index (χ1v) is 6.91. The van der Waals surface area contributed by atoms with Crippen LogP contribution in [0.1, 0.15) is 13.3 Å². The van der Waals surface area contributed by atoms with Crippen molar-refractivity contribution in [3.05, 3.63) is 57.4 Å². The highest BCUT2D eigenvalue weighted by Crippen LogP contribution is 2.19. The summed E-state index contributed by atoms with van der Waals surface area (Å²) >= 11 is 0. The van der Waals surface area contributed by atoms with E-state index in [1.165, 1.54) is 21.4 Å². The van der Waals surface area contributed by atoms with Crippen molar-refractivity contribution in [2.45, 2.75) is 26.4 Å². The van der Waals surface area contributed by atoms with Crippen LogP contribution in [0.15, 0.2) is 46.1 Å². The van der Waals surface area contributed by atoms with Crippen LogP contribution in [0.2, 0.25) is 0 Å². The molecule has 0 atom stereocenters. The zero-order valence-electron chi connectivity index (χ0n) is 12.0. The Hall–Kier alpha value is -2.50. The molecule has 0 saturated carbocycles. The molecule has 0 radical (unpaired) electrons. The zero-order valence-corrected chi connectivity index (χ0v) is 12.0. The van der Waals surface area contributed by atoms with Gasteiger partial charge in [0.2, 0.25) is 0 Å². The predicted octanol–water partition coefficient (Wildman–Crippen LogP) is 1.08. The summed E-state index contributed by atoms with van der Waals surface area (Å²) in [7, 11) is 0. The van der Waals surface area contributed by atoms with E-state index in [9.17, 15) is 9.59 Å². The Bertz CT molecular complexity index is 719. The third-order valence-electron chi connectivity index (χ3n) is 3.18. The number of nitrogens with two attached hydrogens (primary N) is 1. The number of aromatic nitrogens is 2. The van der Waals surface area contributed by atoms with Crippen LogP contribution in [-0.4, -0.2) is 15.7 Å². The molecule has 0 spiro atoms. The molecule has 2 N–H and O–H groups in total. The molecule has 0 fully saturated rings. The van der Waals surface area contributed by atoms with Gasteiger partial charge in [0.15, 0.2) is 0 Å². The van der Waals surface area contributed by atoms with Crippen LogP contribution in [-0.2, 0) is 13.1 Å². The summed E-state index contributed by atoms with van der Waals surface area (Å²) in [5.74, 6) is 0.615. The van der Waals surface area contributed by atoms with E-state index in [1.807, 2.05) is 19.1 Å². The SMILES string of the molecule is CCn1ccc(=O)n(CCCOc2ccccc2N)c1=O. The minimum absolute atomic E-state index is 0.288. The third-order valence-corrected chi connectivity index (χ3v) is 3.18. The molecule has 112 valence electrons. The van der Waals surface area contributed by atoms with Gasteiger partial charge in [-0.3, -0.25) is 9.36 Å². The van der Waals surface area contributed by atoms with E-state index in [-0.39, 0.29) is 11.2 Å². The number of aryl methyl sites for hydroxylation is 1. The van der Waals surface area contributed by atoms with Gasteiger partial charge < -0.3 is 15.0 Å². The minimum atomic E-state index is -0.288. The molecule has 2 rings (SSSR count). The molecule has 1 aromatic heterocycles. The number of ether oxygens (including phenoxy) is 1. The second kappa shape index (κ2) is 6.78. The van der Waals surface area contributed by atoms with Crippen LogP contribution in [0.4, 0.5) is 5.69 Å². The summed E-state index contributed by atoms with van der Waals surface area (Å²) in [4.78, 5) is 23.7. The molecule has 0 saturated heterocycles. The number of hydrogen-bond acceptors (Lipinski definition) is 4. The van der Waals surface area contributed by atoms with Gasteiger partial charge in [0.05, 0.1) is 12.3 Å². The van der Waals surface area contributed by atoms with E-state index < -0.39 is 0 Å². The molecule has 0 bridgehead atoms. The maximum atomic E-state index is 12.0. The van der Waals surface area contributed by atoms with Crippen molar-refractivity contribution in [3.8, 4) is 5.75 Å². The van der Waals surface area contributed by atoms with Crippen molar-refractivity contribution >= 4 is 5.69 Å². The molecule has 2 aromatic rings. The number of nitrogens with zero attached hydrogens (tertiary/aromatic N) is 2. The fourth-order valence-electron chi connectivity index (χ4n) is 2.02. The number of benzene rings is 1. The Labute approximate surface area is 122 Å². The summed E-state index contributed by atoms with van der Waals surface area (Å²) in [5.41, 5.74) is 5.76. The van der Waals surface area contributed by atoms with Crippen LogP contribution in [0.3, 0.4) is 0 Å². The zero-order chi connectivity index (χ0) is 15.2. The van der Waals surface area contributed by atoms with E-state index in [0.717, 1.165) is 0 Å². The number of anilines is 1. The molecule has 6 heteroatoms. The Morgan fingerprint density at radius 3 is 2.67 bits per heavy atom. The summed E-state index contributed by atoms with van der Waals surface area (Å²) < 4.78 is 8.27. The summed E-state index contributed by atoms with van der Waals surface area (Å²) in [6.45, 7) is 3.11. The van der Waals surface area contributed by atoms with Crippen LogP contribution in [0.5, 0.6) is 5.75 Å². The van der Waals surface area contributed by atoms with Crippen LogP contribution in [0.25, 0.3) is 0 Å². The lowest BCUT2D eigenvalue weighted by atomic mass is 10.3. The van der Waals surface area contributed by atoms with Gasteiger partial charge in [-0.05, 0) is 25.5 Å². The van der Waals surface area contributed by atoms with Crippen molar-refractivity contribution in [3.63, 3.8) is 0 Å². The largest absolute Gasteiger partial charge is 0.491 e. The molecule has 0 aliphatic heterocycles. The first-order valence-electron chi connectivity index (χ1n) is 6.91. The molecule has 21 heavy (non-hydrogen) atoms. The Kier molecular flexibility index (Phi) is 4.81. The average Bonchev–Trinajstić information content (AvgIpc) is 2.48. The van der Waals surface area contributed by atoms with E-state index in [0.29, 0.717) is 37.6 Å². The van der Waals surface area contributed by atoms with Gasteiger partial charge >= 0.3 is 5.69 Å². The van der Waals surface area contributed by atoms with Crippen molar-refractivity contribution in [1.29, 1.82) is 0 Å². The quantitative estimate of drug-likeness (QED) is 0.637. The molecule has 0 aliphatic rings. The first-order chi connectivity index (χ1) is 10.1.